The highest BCUT2D eigenvalue weighted by atomic mass is 32.2. The van der Waals surface area contributed by atoms with E-state index in [0.29, 0.717) is 5.01 Å². The van der Waals surface area contributed by atoms with E-state index in [9.17, 15) is 9.59 Å². The fourth-order valence-electron chi connectivity index (χ4n) is 1.21. The lowest BCUT2D eigenvalue weighted by molar-refractivity contribution is 0.0691. The van der Waals surface area contributed by atoms with Crippen LogP contribution in [0.25, 0.3) is 0 Å². The maximum atomic E-state index is 11.5. The second-order valence-electron chi connectivity index (χ2n) is 3.62. The first-order chi connectivity index (χ1) is 8.52. The lowest BCUT2D eigenvalue weighted by Gasteiger charge is -2.12. The molecule has 0 spiro atoms. The largest absolute Gasteiger partial charge is 0.476 e. The standard InChI is InChI=1S/C10H15N3O3S2/c1-6(4-17-2)12-10(16)11-3-8-13-7(5-18-8)9(14)15/h5-6H,3-4H2,1-2H3,(H,14,15)(H2,11,12,16). The third-order valence-electron chi connectivity index (χ3n) is 1.97. The molecule has 0 saturated heterocycles. The number of amides is 2. The van der Waals surface area contributed by atoms with Crippen LogP contribution in [0.4, 0.5) is 4.79 Å². The van der Waals surface area contributed by atoms with E-state index in [1.54, 1.807) is 11.8 Å². The number of urea groups is 1. The molecule has 1 atom stereocenters. The van der Waals surface area contributed by atoms with Crippen LogP contribution in [0.1, 0.15) is 22.4 Å². The van der Waals surface area contributed by atoms with Crippen molar-refractivity contribution in [2.24, 2.45) is 0 Å². The van der Waals surface area contributed by atoms with Crippen molar-refractivity contribution in [3.63, 3.8) is 0 Å². The molecule has 0 fully saturated rings. The molecule has 1 aromatic heterocycles. The first-order valence-corrected chi connectivity index (χ1v) is 7.51. The summed E-state index contributed by atoms with van der Waals surface area (Å²) < 4.78 is 0. The predicted octanol–water partition coefficient (Wildman–Crippen LogP) is 1.39. The van der Waals surface area contributed by atoms with Crippen molar-refractivity contribution >= 4 is 35.1 Å². The first kappa shape index (κ1) is 14.8. The normalized spacial score (nSPS) is 11.9. The van der Waals surface area contributed by atoms with E-state index >= 15 is 0 Å². The van der Waals surface area contributed by atoms with Gasteiger partial charge in [0.05, 0.1) is 6.54 Å². The molecule has 18 heavy (non-hydrogen) atoms. The Morgan fingerprint density at radius 2 is 2.33 bits per heavy atom. The Morgan fingerprint density at radius 1 is 1.61 bits per heavy atom. The minimum Gasteiger partial charge on any atom is -0.476 e. The van der Waals surface area contributed by atoms with E-state index < -0.39 is 5.97 Å². The molecule has 0 aliphatic carbocycles. The van der Waals surface area contributed by atoms with Crippen LogP contribution in [0, 0.1) is 0 Å². The molecule has 8 heteroatoms. The van der Waals surface area contributed by atoms with E-state index in [1.807, 2.05) is 13.2 Å². The Balaban J connectivity index is 2.35. The van der Waals surface area contributed by atoms with Gasteiger partial charge in [-0.05, 0) is 13.2 Å². The van der Waals surface area contributed by atoms with Gasteiger partial charge >= 0.3 is 12.0 Å². The molecule has 1 heterocycles. The first-order valence-electron chi connectivity index (χ1n) is 5.24. The maximum Gasteiger partial charge on any atom is 0.355 e. The Labute approximate surface area is 113 Å². The van der Waals surface area contributed by atoms with Crippen molar-refractivity contribution in [2.75, 3.05) is 12.0 Å². The molecule has 0 aliphatic rings. The minimum absolute atomic E-state index is 0.00737. The summed E-state index contributed by atoms with van der Waals surface area (Å²) in [6.07, 6.45) is 1.97. The molecule has 100 valence electrons. The Kier molecular flexibility index (Phi) is 5.93. The summed E-state index contributed by atoms with van der Waals surface area (Å²) in [7, 11) is 0. The van der Waals surface area contributed by atoms with Crippen molar-refractivity contribution < 1.29 is 14.7 Å². The predicted molar refractivity (Wildman–Crippen MR) is 72.3 cm³/mol. The van der Waals surface area contributed by atoms with Gasteiger partial charge in [-0.1, -0.05) is 0 Å². The zero-order valence-corrected chi connectivity index (χ0v) is 11.7. The number of thiazole rings is 1. The van der Waals surface area contributed by atoms with Gasteiger partial charge in [-0.15, -0.1) is 11.3 Å². The van der Waals surface area contributed by atoms with E-state index in [0.717, 1.165) is 5.75 Å². The smallest absolute Gasteiger partial charge is 0.355 e. The van der Waals surface area contributed by atoms with E-state index in [2.05, 4.69) is 15.6 Å². The van der Waals surface area contributed by atoms with Crippen molar-refractivity contribution in [2.45, 2.75) is 19.5 Å². The van der Waals surface area contributed by atoms with Crippen LogP contribution in [0.3, 0.4) is 0 Å². The second-order valence-corrected chi connectivity index (χ2v) is 5.47. The molecule has 6 nitrogen and oxygen atoms in total. The van der Waals surface area contributed by atoms with Gasteiger partial charge in [0.25, 0.3) is 0 Å². The molecule has 1 unspecified atom stereocenters. The minimum atomic E-state index is -1.06. The fourth-order valence-corrected chi connectivity index (χ4v) is 2.50. The van der Waals surface area contributed by atoms with E-state index in [4.69, 9.17) is 5.11 Å². The summed E-state index contributed by atoms with van der Waals surface area (Å²) in [5.41, 5.74) is 0.00737. The number of hydrogen-bond acceptors (Lipinski definition) is 5. The summed E-state index contributed by atoms with van der Waals surface area (Å²) in [6, 6.07) is -0.186. The molecular weight excluding hydrogens is 274 g/mol. The highest BCUT2D eigenvalue weighted by Crippen LogP contribution is 2.09. The number of nitrogens with zero attached hydrogens (tertiary/aromatic N) is 1. The average Bonchev–Trinajstić information content (AvgIpc) is 2.75. The van der Waals surface area contributed by atoms with Crippen molar-refractivity contribution in [3.8, 4) is 0 Å². The van der Waals surface area contributed by atoms with Crippen molar-refractivity contribution in [1.82, 2.24) is 15.6 Å². The van der Waals surface area contributed by atoms with Gasteiger partial charge in [-0.3, -0.25) is 0 Å². The number of hydrogen-bond donors (Lipinski definition) is 3. The molecule has 3 N–H and O–H groups in total. The molecule has 1 aromatic rings. The Morgan fingerprint density at radius 3 is 2.89 bits per heavy atom. The molecule has 0 radical (unpaired) electrons. The lowest BCUT2D eigenvalue weighted by atomic mass is 10.4. The van der Waals surface area contributed by atoms with Gasteiger partial charge in [-0.25, -0.2) is 14.6 Å². The summed E-state index contributed by atoms with van der Waals surface area (Å²) in [5.74, 6) is -0.219. The van der Waals surface area contributed by atoms with Crippen LogP contribution in [0.15, 0.2) is 5.38 Å². The highest BCUT2D eigenvalue weighted by Gasteiger charge is 2.10. The van der Waals surface area contributed by atoms with E-state index in [-0.39, 0.29) is 24.3 Å². The van der Waals surface area contributed by atoms with Gasteiger partial charge in [0.1, 0.15) is 5.01 Å². The van der Waals surface area contributed by atoms with Crippen LogP contribution in [-0.2, 0) is 6.54 Å². The maximum absolute atomic E-state index is 11.5. The van der Waals surface area contributed by atoms with Crippen LogP contribution in [-0.4, -0.2) is 40.1 Å². The van der Waals surface area contributed by atoms with Crippen molar-refractivity contribution in [3.05, 3.63) is 16.1 Å². The van der Waals surface area contributed by atoms with Gasteiger partial charge < -0.3 is 15.7 Å². The van der Waals surface area contributed by atoms with Gasteiger partial charge in [0, 0.05) is 17.2 Å². The monoisotopic (exact) mass is 289 g/mol. The Bertz CT molecular complexity index is 422. The molecular formula is C10H15N3O3S2. The fraction of sp³-hybridized carbons (Fsp3) is 0.500. The summed E-state index contributed by atoms with van der Waals surface area (Å²) in [4.78, 5) is 26.0. The van der Waals surface area contributed by atoms with Crippen molar-refractivity contribution in [1.29, 1.82) is 0 Å². The number of carbonyl (C=O) groups excluding carboxylic acids is 1. The number of thioether (sulfide) groups is 1. The molecule has 2 amide bonds. The summed E-state index contributed by atoms with van der Waals surface area (Å²) >= 11 is 2.87. The van der Waals surface area contributed by atoms with Crippen LogP contribution >= 0.6 is 23.1 Å². The number of carboxylic acid groups (broad SMARTS) is 1. The summed E-state index contributed by atoms with van der Waals surface area (Å²) in [6.45, 7) is 2.15. The number of carboxylic acids is 1. The molecule has 0 aliphatic heterocycles. The Hall–Kier alpha value is -1.28. The number of aromatic carboxylic acids is 1. The number of carbonyl (C=O) groups is 2. The molecule has 0 bridgehead atoms. The van der Waals surface area contributed by atoms with Gasteiger partial charge in [0.2, 0.25) is 0 Å². The third kappa shape index (κ3) is 4.92. The zero-order valence-electron chi connectivity index (χ0n) is 10.1. The average molecular weight is 289 g/mol. The second kappa shape index (κ2) is 7.22. The lowest BCUT2D eigenvalue weighted by Crippen LogP contribution is -2.41. The summed E-state index contributed by atoms with van der Waals surface area (Å²) in [5, 5.41) is 16.1. The number of aromatic nitrogens is 1. The van der Waals surface area contributed by atoms with Gasteiger partial charge in [0.15, 0.2) is 5.69 Å². The topological polar surface area (TPSA) is 91.3 Å². The SMILES string of the molecule is CSCC(C)NC(=O)NCc1nc(C(=O)O)cs1. The highest BCUT2D eigenvalue weighted by molar-refractivity contribution is 7.98. The van der Waals surface area contributed by atoms with Gasteiger partial charge in [-0.2, -0.15) is 11.8 Å². The van der Waals surface area contributed by atoms with Crippen LogP contribution < -0.4 is 10.6 Å². The molecule has 0 saturated carbocycles. The van der Waals surface area contributed by atoms with E-state index in [1.165, 1.54) is 16.7 Å². The molecule has 0 aromatic carbocycles. The van der Waals surface area contributed by atoms with Crippen LogP contribution in [0.5, 0.6) is 0 Å². The quantitative estimate of drug-likeness (QED) is 0.736. The third-order valence-corrected chi connectivity index (χ3v) is 3.65. The van der Waals surface area contributed by atoms with Crippen LogP contribution in [0.2, 0.25) is 0 Å². The number of rotatable bonds is 6. The molecule has 1 rings (SSSR count). The zero-order chi connectivity index (χ0) is 13.5. The number of nitrogens with one attached hydrogen (secondary N) is 2.